The van der Waals surface area contributed by atoms with Crippen LogP contribution in [0.2, 0.25) is 0 Å². The van der Waals surface area contributed by atoms with E-state index in [-0.39, 0.29) is 12.3 Å². The number of nitrogens with one attached hydrogen (secondary N) is 1. The molecule has 0 aromatic heterocycles. The maximum atomic E-state index is 13.0. The molecule has 0 saturated carbocycles. The molecule has 1 N–H and O–H groups in total. The number of benzene rings is 3. The van der Waals surface area contributed by atoms with E-state index in [9.17, 15) is 9.59 Å². The Bertz CT molecular complexity index is 1450. The van der Waals surface area contributed by atoms with Crippen LogP contribution >= 0.6 is 11.8 Å². The van der Waals surface area contributed by atoms with Gasteiger partial charge in [0.15, 0.2) is 5.17 Å². The van der Waals surface area contributed by atoms with Crippen LogP contribution in [0.4, 0.5) is 0 Å². The standard InChI is InChI=1S/C31H29N3O4S/c1-21-28(30(36)37-2)29(24-14-9-15-26(16-24)38-19-23-12-7-4-8-13-23)34-25(20-39-31(34)33-21)17-27(35)32-18-22-10-5-3-6-11-22/h3-16,20,29H,17-19H2,1-2H3,(H,32,35). The predicted octanol–water partition coefficient (Wildman–Crippen LogP) is 5.72. The Morgan fingerprint density at radius 3 is 2.41 bits per heavy atom. The molecule has 2 aliphatic rings. The molecule has 0 bridgehead atoms. The molecule has 5 rings (SSSR count). The Hall–Kier alpha value is -4.30. The van der Waals surface area contributed by atoms with Gasteiger partial charge in [-0.25, -0.2) is 9.79 Å². The number of amides is 1. The van der Waals surface area contributed by atoms with Gasteiger partial charge >= 0.3 is 5.97 Å². The van der Waals surface area contributed by atoms with Gasteiger partial charge in [0.25, 0.3) is 0 Å². The second-order valence-electron chi connectivity index (χ2n) is 9.17. The lowest BCUT2D eigenvalue weighted by Crippen LogP contribution is -2.37. The van der Waals surface area contributed by atoms with Crippen molar-refractivity contribution in [2.45, 2.75) is 32.5 Å². The van der Waals surface area contributed by atoms with E-state index in [1.54, 1.807) is 0 Å². The molecule has 2 aliphatic heterocycles. The van der Waals surface area contributed by atoms with Gasteiger partial charge in [0.05, 0.1) is 30.8 Å². The molecule has 7 nitrogen and oxygen atoms in total. The number of hydrogen-bond donors (Lipinski definition) is 1. The number of thioether (sulfide) groups is 1. The summed E-state index contributed by atoms with van der Waals surface area (Å²) >= 11 is 1.44. The number of aliphatic imine (C=N–C) groups is 1. The van der Waals surface area contributed by atoms with E-state index < -0.39 is 12.0 Å². The van der Waals surface area contributed by atoms with Crippen molar-refractivity contribution in [1.29, 1.82) is 0 Å². The minimum Gasteiger partial charge on any atom is -0.489 e. The SMILES string of the molecule is COC(=O)C1=C(C)N=C2SC=C(CC(=O)NCc3ccccc3)N2C1c1cccc(OCc2ccccc2)c1. The van der Waals surface area contributed by atoms with Gasteiger partial charge in [0.1, 0.15) is 12.4 Å². The smallest absolute Gasteiger partial charge is 0.338 e. The Morgan fingerprint density at radius 2 is 1.69 bits per heavy atom. The third-order valence-electron chi connectivity index (χ3n) is 6.50. The topological polar surface area (TPSA) is 80.2 Å². The number of carbonyl (C=O) groups is 2. The highest BCUT2D eigenvalue weighted by Gasteiger charge is 2.41. The van der Waals surface area contributed by atoms with Crippen LogP contribution in [-0.4, -0.2) is 29.1 Å². The molecule has 0 aliphatic carbocycles. The summed E-state index contributed by atoms with van der Waals surface area (Å²) in [6.07, 6.45) is 0.146. The monoisotopic (exact) mass is 539 g/mol. The normalized spacial score (nSPS) is 16.3. The molecule has 0 spiro atoms. The second-order valence-corrected chi connectivity index (χ2v) is 10.0. The molecule has 1 amide bonds. The first-order valence-electron chi connectivity index (χ1n) is 12.6. The first-order chi connectivity index (χ1) is 19.0. The van der Waals surface area contributed by atoms with Crippen LogP contribution in [0.5, 0.6) is 5.75 Å². The Balaban J connectivity index is 1.40. The number of nitrogens with zero attached hydrogens (tertiary/aromatic N) is 2. The number of fused-ring (bicyclic) bond motifs is 1. The lowest BCUT2D eigenvalue weighted by Gasteiger charge is -2.36. The summed E-state index contributed by atoms with van der Waals surface area (Å²) in [5.41, 5.74) is 4.70. The highest BCUT2D eigenvalue weighted by molar-refractivity contribution is 8.16. The average molecular weight is 540 g/mol. The van der Waals surface area contributed by atoms with Gasteiger partial charge in [-0.05, 0) is 41.2 Å². The van der Waals surface area contributed by atoms with Crippen LogP contribution in [-0.2, 0) is 27.5 Å². The summed E-state index contributed by atoms with van der Waals surface area (Å²) in [4.78, 5) is 32.6. The third kappa shape index (κ3) is 6.07. The van der Waals surface area contributed by atoms with E-state index in [0.29, 0.717) is 35.3 Å². The fraction of sp³-hybridized carbons (Fsp3) is 0.194. The van der Waals surface area contributed by atoms with Crippen molar-refractivity contribution in [2.24, 2.45) is 4.99 Å². The number of hydrogen-bond acceptors (Lipinski definition) is 7. The van der Waals surface area contributed by atoms with E-state index in [4.69, 9.17) is 9.47 Å². The van der Waals surface area contributed by atoms with Crippen LogP contribution in [0.25, 0.3) is 0 Å². The van der Waals surface area contributed by atoms with Crippen molar-refractivity contribution >= 4 is 28.8 Å². The molecule has 2 heterocycles. The minimum atomic E-state index is -0.520. The molecule has 3 aromatic rings. The van der Waals surface area contributed by atoms with Gasteiger partial charge in [-0.15, -0.1) is 0 Å². The minimum absolute atomic E-state index is 0.114. The zero-order valence-electron chi connectivity index (χ0n) is 21.8. The van der Waals surface area contributed by atoms with E-state index >= 15 is 0 Å². The number of esters is 1. The van der Waals surface area contributed by atoms with E-state index in [0.717, 1.165) is 22.4 Å². The highest BCUT2D eigenvalue weighted by Crippen LogP contribution is 2.45. The molecule has 1 atom stereocenters. The third-order valence-corrected chi connectivity index (χ3v) is 7.39. The molecule has 0 fully saturated rings. The molecular weight excluding hydrogens is 510 g/mol. The van der Waals surface area contributed by atoms with Gasteiger partial charge in [-0.3, -0.25) is 4.79 Å². The van der Waals surface area contributed by atoms with Crippen molar-refractivity contribution in [3.05, 3.63) is 124 Å². The number of amidine groups is 1. The molecular formula is C31H29N3O4S. The first kappa shape index (κ1) is 26.3. The van der Waals surface area contributed by atoms with Crippen LogP contribution in [0.3, 0.4) is 0 Å². The predicted molar refractivity (Wildman–Crippen MR) is 153 cm³/mol. The maximum absolute atomic E-state index is 13.0. The van der Waals surface area contributed by atoms with Gasteiger partial charge in [-0.1, -0.05) is 84.6 Å². The van der Waals surface area contributed by atoms with Crippen LogP contribution in [0.15, 0.2) is 112 Å². The maximum Gasteiger partial charge on any atom is 0.338 e. The van der Waals surface area contributed by atoms with Crippen LogP contribution < -0.4 is 10.1 Å². The zero-order valence-corrected chi connectivity index (χ0v) is 22.6. The fourth-order valence-corrected chi connectivity index (χ4v) is 5.56. The first-order valence-corrected chi connectivity index (χ1v) is 13.5. The lowest BCUT2D eigenvalue weighted by atomic mass is 9.93. The molecule has 198 valence electrons. The van der Waals surface area contributed by atoms with Crippen LogP contribution in [0.1, 0.15) is 36.1 Å². The molecule has 0 radical (unpaired) electrons. The number of rotatable bonds is 9. The molecule has 0 saturated heterocycles. The van der Waals surface area contributed by atoms with Crippen molar-refractivity contribution < 1.29 is 19.1 Å². The summed E-state index contributed by atoms with van der Waals surface area (Å²) in [5, 5.41) is 5.63. The van der Waals surface area contributed by atoms with Crippen LogP contribution in [0, 0.1) is 0 Å². The number of allylic oxidation sites excluding steroid dienone is 1. The number of carbonyl (C=O) groups excluding carboxylic acids is 2. The van der Waals surface area contributed by atoms with Crippen molar-refractivity contribution in [2.75, 3.05) is 7.11 Å². The lowest BCUT2D eigenvalue weighted by molar-refractivity contribution is -0.136. The van der Waals surface area contributed by atoms with Crippen molar-refractivity contribution in [3.63, 3.8) is 0 Å². The Labute approximate surface area is 232 Å². The van der Waals surface area contributed by atoms with Gasteiger partial charge in [0, 0.05) is 12.2 Å². The summed E-state index contributed by atoms with van der Waals surface area (Å²) in [6, 6.07) is 26.9. The summed E-state index contributed by atoms with van der Waals surface area (Å²) in [6.45, 7) is 2.68. The van der Waals surface area contributed by atoms with Crippen molar-refractivity contribution in [1.82, 2.24) is 10.2 Å². The quantitative estimate of drug-likeness (QED) is 0.351. The Morgan fingerprint density at radius 1 is 0.974 bits per heavy atom. The zero-order chi connectivity index (χ0) is 27.2. The van der Waals surface area contributed by atoms with Gasteiger partial charge in [-0.2, -0.15) is 0 Å². The molecule has 39 heavy (non-hydrogen) atoms. The summed E-state index contributed by atoms with van der Waals surface area (Å²) in [5.74, 6) is 0.109. The largest absolute Gasteiger partial charge is 0.489 e. The number of ether oxygens (including phenoxy) is 2. The average Bonchev–Trinajstić information content (AvgIpc) is 3.36. The molecule has 3 aromatic carbocycles. The fourth-order valence-electron chi connectivity index (χ4n) is 4.59. The molecule has 8 heteroatoms. The number of methoxy groups -OCH3 is 1. The van der Waals surface area contributed by atoms with Crippen molar-refractivity contribution in [3.8, 4) is 5.75 Å². The van der Waals surface area contributed by atoms with Gasteiger partial charge < -0.3 is 19.7 Å². The van der Waals surface area contributed by atoms with E-state index in [2.05, 4.69) is 10.3 Å². The second kappa shape index (κ2) is 12.0. The van der Waals surface area contributed by atoms with Gasteiger partial charge in [0.2, 0.25) is 5.91 Å². The summed E-state index contributed by atoms with van der Waals surface area (Å²) < 4.78 is 11.3. The van der Waals surface area contributed by atoms with E-state index in [1.165, 1.54) is 18.9 Å². The molecule has 1 unspecified atom stereocenters. The summed E-state index contributed by atoms with van der Waals surface area (Å²) in [7, 11) is 1.37. The Kier molecular flexibility index (Phi) is 8.13. The highest BCUT2D eigenvalue weighted by atomic mass is 32.2. The van der Waals surface area contributed by atoms with E-state index in [1.807, 2.05) is 102 Å².